The summed E-state index contributed by atoms with van der Waals surface area (Å²) in [6.07, 6.45) is 1.22. The second kappa shape index (κ2) is 8.46. The van der Waals surface area contributed by atoms with Crippen molar-refractivity contribution in [3.05, 3.63) is 80.6 Å². The van der Waals surface area contributed by atoms with Crippen LogP contribution >= 0.6 is 34.8 Å². The molecule has 3 rings (SSSR count). The van der Waals surface area contributed by atoms with Crippen LogP contribution in [-0.2, 0) is 0 Å². The van der Waals surface area contributed by atoms with E-state index in [0.29, 0.717) is 32.0 Å². The first-order valence-corrected chi connectivity index (χ1v) is 10.4. The van der Waals surface area contributed by atoms with E-state index in [1.165, 1.54) is 6.08 Å². The molecule has 0 atom stereocenters. The van der Waals surface area contributed by atoms with Crippen molar-refractivity contribution >= 4 is 40.6 Å². The van der Waals surface area contributed by atoms with Crippen LogP contribution in [0, 0.1) is 12.3 Å². The van der Waals surface area contributed by atoms with E-state index < -0.39 is 5.41 Å². The van der Waals surface area contributed by atoms with Crippen molar-refractivity contribution < 1.29 is 9.90 Å². The lowest BCUT2D eigenvalue weighted by Crippen LogP contribution is -2.11. The molecule has 0 spiro atoms. The van der Waals surface area contributed by atoms with Crippen molar-refractivity contribution in [1.82, 2.24) is 9.78 Å². The molecule has 0 saturated carbocycles. The van der Waals surface area contributed by atoms with Gasteiger partial charge in [0.15, 0.2) is 0 Å². The molecule has 156 valence electrons. The van der Waals surface area contributed by atoms with Gasteiger partial charge in [-0.2, -0.15) is 5.10 Å². The number of hydrogen-bond donors (Lipinski definition) is 1. The van der Waals surface area contributed by atoms with Gasteiger partial charge in [0, 0.05) is 32.7 Å². The van der Waals surface area contributed by atoms with Crippen molar-refractivity contribution in [3.8, 4) is 16.9 Å². The standard InChI is InChI=1S/C23H21Cl3N2O2/c1-13-21(19(29)12-20(30)23(2,3)4)27-28(18-10-9-16(25)11-17(18)26)22(13)14-5-7-15(24)8-6-14/h5-12,30H,1-4H3/b20-12-. The molecule has 0 aliphatic carbocycles. The maximum Gasteiger partial charge on any atom is 0.209 e. The molecule has 0 aliphatic rings. The lowest BCUT2D eigenvalue weighted by molar-refractivity contribution is 0.103. The molecular formula is C23H21Cl3N2O2. The maximum absolute atomic E-state index is 13.0. The molecule has 1 N–H and O–H groups in total. The predicted molar refractivity (Wildman–Crippen MR) is 123 cm³/mol. The number of aromatic nitrogens is 2. The van der Waals surface area contributed by atoms with Crippen LogP contribution in [-0.4, -0.2) is 20.7 Å². The van der Waals surface area contributed by atoms with Crippen LogP contribution in [0.25, 0.3) is 16.9 Å². The van der Waals surface area contributed by atoms with Gasteiger partial charge in [-0.15, -0.1) is 0 Å². The minimum Gasteiger partial charge on any atom is -0.512 e. The fraction of sp³-hybridized carbons (Fsp3) is 0.217. The van der Waals surface area contributed by atoms with Gasteiger partial charge < -0.3 is 5.11 Å². The van der Waals surface area contributed by atoms with E-state index in [4.69, 9.17) is 34.8 Å². The van der Waals surface area contributed by atoms with Gasteiger partial charge in [0.1, 0.15) is 11.5 Å². The van der Waals surface area contributed by atoms with Crippen LogP contribution in [0.3, 0.4) is 0 Å². The Bertz CT molecular complexity index is 1140. The number of benzene rings is 2. The average molecular weight is 464 g/mol. The van der Waals surface area contributed by atoms with E-state index in [9.17, 15) is 9.90 Å². The summed E-state index contributed by atoms with van der Waals surface area (Å²) in [5.41, 5.74) is 2.43. The third-order valence-electron chi connectivity index (χ3n) is 4.65. The number of carbonyl (C=O) groups is 1. The number of aliphatic hydroxyl groups is 1. The van der Waals surface area contributed by atoms with Crippen LogP contribution in [0.15, 0.2) is 54.3 Å². The zero-order valence-corrected chi connectivity index (χ0v) is 19.3. The maximum atomic E-state index is 13.0. The molecule has 0 bridgehead atoms. The highest BCUT2D eigenvalue weighted by atomic mass is 35.5. The monoisotopic (exact) mass is 462 g/mol. The molecule has 1 heterocycles. The molecule has 30 heavy (non-hydrogen) atoms. The number of hydrogen-bond acceptors (Lipinski definition) is 3. The number of ketones is 1. The highest BCUT2D eigenvalue weighted by Gasteiger charge is 2.24. The van der Waals surface area contributed by atoms with Gasteiger partial charge in [-0.1, -0.05) is 67.7 Å². The molecule has 0 amide bonds. The number of allylic oxidation sites excluding steroid dienone is 2. The number of nitrogens with zero attached hydrogens (tertiary/aromatic N) is 2. The molecular weight excluding hydrogens is 443 g/mol. The van der Waals surface area contributed by atoms with Gasteiger partial charge in [-0.05, 0) is 37.3 Å². The van der Waals surface area contributed by atoms with Gasteiger partial charge in [-0.3, -0.25) is 4.79 Å². The molecule has 0 saturated heterocycles. The largest absolute Gasteiger partial charge is 0.512 e. The molecule has 0 fully saturated rings. The van der Waals surface area contributed by atoms with E-state index in [1.54, 1.807) is 35.0 Å². The summed E-state index contributed by atoms with van der Waals surface area (Å²) in [5, 5.41) is 16.3. The van der Waals surface area contributed by atoms with Gasteiger partial charge in [0.05, 0.1) is 16.4 Å². The van der Waals surface area contributed by atoms with Crippen molar-refractivity contribution in [2.75, 3.05) is 0 Å². The summed E-state index contributed by atoms with van der Waals surface area (Å²) in [5.74, 6) is -0.405. The van der Waals surface area contributed by atoms with Gasteiger partial charge in [-0.25, -0.2) is 4.68 Å². The molecule has 2 aromatic carbocycles. The lowest BCUT2D eigenvalue weighted by Gasteiger charge is -2.16. The number of carbonyl (C=O) groups excluding carboxylic acids is 1. The van der Waals surface area contributed by atoms with Crippen LogP contribution in [0.2, 0.25) is 15.1 Å². The van der Waals surface area contributed by atoms with E-state index >= 15 is 0 Å². The number of aliphatic hydroxyl groups excluding tert-OH is 1. The fourth-order valence-electron chi connectivity index (χ4n) is 2.91. The summed E-state index contributed by atoms with van der Waals surface area (Å²) < 4.78 is 1.62. The molecule has 4 nitrogen and oxygen atoms in total. The minimum atomic E-state index is -0.551. The number of rotatable bonds is 4. The Hall–Kier alpha value is -2.27. The Kier molecular flexibility index (Phi) is 6.32. The van der Waals surface area contributed by atoms with Gasteiger partial charge in [0.25, 0.3) is 0 Å². The summed E-state index contributed by atoms with van der Waals surface area (Å²) in [7, 11) is 0. The van der Waals surface area contributed by atoms with E-state index in [0.717, 1.165) is 5.56 Å². The second-order valence-corrected chi connectivity index (χ2v) is 9.26. The van der Waals surface area contributed by atoms with Crippen LogP contribution in [0.5, 0.6) is 0 Å². The van der Waals surface area contributed by atoms with E-state index in [2.05, 4.69) is 5.10 Å². The third-order valence-corrected chi connectivity index (χ3v) is 5.44. The summed E-state index contributed by atoms with van der Waals surface area (Å²) in [6.45, 7) is 7.28. The minimum absolute atomic E-state index is 0.0148. The molecule has 1 aromatic heterocycles. The highest BCUT2D eigenvalue weighted by Crippen LogP contribution is 2.34. The Morgan fingerprint density at radius 1 is 1.03 bits per heavy atom. The van der Waals surface area contributed by atoms with E-state index in [-0.39, 0.29) is 17.2 Å². The van der Waals surface area contributed by atoms with E-state index in [1.807, 2.05) is 39.8 Å². The Labute approximate surface area is 190 Å². The first kappa shape index (κ1) is 22.4. The first-order chi connectivity index (χ1) is 14.0. The smallest absolute Gasteiger partial charge is 0.209 e. The van der Waals surface area contributed by atoms with Crippen molar-refractivity contribution in [3.63, 3.8) is 0 Å². The second-order valence-electron chi connectivity index (χ2n) is 7.98. The quantitative estimate of drug-likeness (QED) is 0.248. The van der Waals surface area contributed by atoms with Crippen LogP contribution in [0.4, 0.5) is 0 Å². The fourth-order valence-corrected chi connectivity index (χ4v) is 3.53. The molecule has 0 aliphatic heterocycles. The SMILES string of the molecule is Cc1c(C(=O)/C=C(\O)C(C)(C)C)nn(-c2ccc(Cl)cc2Cl)c1-c1ccc(Cl)cc1. The number of halogens is 3. The van der Waals surface area contributed by atoms with Crippen LogP contribution < -0.4 is 0 Å². The predicted octanol–water partition coefficient (Wildman–Crippen LogP) is 7.48. The lowest BCUT2D eigenvalue weighted by atomic mass is 9.92. The molecule has 3 aromatic rings. The highest BCUT2D eigenvalue weighted by molar-refractivity contribution is 6.35. The molecule has 0 radical (unpaired) electrons. The third kappa shape index (κ3) is 4.56. The first-order valence-electron chi connectivity index (χ1n) is 9.25. The zero-order chi connectivity index (χ0) is 22.2. The molecule has 7 heteroatoms. The van der Waals surface area contributed by atoms with Crippen molar-refractivity contribution in [1.29, 1.82) is 0 Å². The van der Waals surface area contributed by atoms with Gasteiger partial charge >= 0.3 is 0 Å². The molecule has 0 unspecified atom stereocenters. The zero-order valence-electron chi connectivity index (χ0n) is 17.0. The van der Waals surface area contributed by atoms with Crippen molar-refractivity contribution in [2.24, 2.45) is 5.41 Å². The summed E-state index contributed by atoms with van der Waals surface area (Å²) >= 11 is 18.5. The van der Waals surface area contributed by atoms with Crippen molar-refractivity contribution in [2.45, 2.75) is 27.7 Å². The Morgan fingerprint density at radius 2 is 1.63 bits per heavy atom. The van der Waals surface area contributed by atoms with Gasteiger partial charge in [0.2, 0.25) is 5.78 Å². The van der Waals surface area contributed by atoms with Crippen LogP contribution in [0.1, 0.15) is 36.8 Å². The Balaban J connectivity index is 2.24. The Morgan fingerprint density at radius 3 is 2.20 bits per heavy atom. The topological polar surface area (TPSA) is 55.1 Å². The average Bonchev–Trinajstić information content (AvgIpc) is 2.98. The summed E-state index contributed by atoms with van der Waals surface area (Å²) in [6, 6.07) is 12.3. The normalized spacial score (nSPS) is 12.3. The summed E-state index contributed by atoms with van der Waals surface area (Å²) in [4.78, 5) is 13.0.